The smallest absolute Gasteiger partial charge is 0.220 e. The molecule has 0 amide bonds. The number of nitrogens with zero attached hydrogens (tertiary/aromatic N) is 3. The Morgan fingerprint density at radius 3 is 3.00 bits per heavy atom. The van der Waals surface area contributed by atoms with Crippen LogP contribution in [0.3, 0.4) is 0 Å². The highest BCUT2D eigenvalue weighted by Crippen LogP contribution is 2.10. The molecule has 5 nitrogen and oxygen atoms in total. The minimum atomic E-state index is -0.0382. The largest absolute Gasteiger partial charge is 0.368 e. The van der Waals surface area contributed by atoms with Gasteiger partial charge in [-0.2, -0.15) is 0 Å². The number of carbonyl (C=O) groups excluding carboxylic acids is 1. The average molecular weight is 261 g/mol. The molecule has 2 rings (SSSR count). The number of ketones is 1. The van der Waals surface area contributed by atoms with Gasteiger partial charge < -0.3 is 5.73 Å². The highest BCUT2D eigenvalue weighted by atomic mass is 32.1. The quantitative estimate of drug-likeness (QED) is 0.830. The zero-order valence-corrected chi connectivity index (χ0v) is 10.8. The van der Waals surface area contributed by atoms with Crippen molar-refractivity contribution in [1.82, 2.24) is 15.0 Å². The fourth-order valence-electron chi connectivity index (χ4n) is 1.57. The molecule has 93 valence electrons. The van der Waals surface area contributed by atoms with Crippen molar-refractivity contribution in [3.63, 3.8) is 0 Å². The Bertz CT molecular complexity index is 519. The molecule has 0 saturated heterocycles. The van der Waals surface area contributed by atoms with Crippen LogP contribution in [0.2, 0.25) is 0 Å². The maximum atomic E-state index is 11.7. The van der Waals surface area contributed by atoms with E-state index in [0.29, 0.717) is 17.8 Å². The van der Waals surface area contributed by atoms with Crippen molar-refractivity contribution in [3.05, 3.63) is 40.5 Å². The zero-order valence-electron chi connectivity index (χ0n) is 9.96. The molecule has 0 atom stereocenters. The predicted octanol–water partition coefficient (Wildman–Crippen LogP) is 1.84. The van der Waals surface area contributed by atoms with Crippen LogP contribution in [0.4, 0.5) is 5.95 Å². The molecule has 18 heavy (non-hydrogen) atoms. The topological polar surface area (TPSA) is 81.8 Å². The average Bonchev–Trinajstić information content (AvgIpc) is 2.80. The number of nitrogen functional groups attached to an aromatic ring is 1. The number of carbonyl (C=O) groups is 1. The lowest BCUT2D eigenvalue weighted by Crippen LogP contribution is -2.03. The van der Waals surface area contributed by atoms with Crippen molar-refractivity contribution in [2.24, 2.45) is 0 Å². The van der Waals surface area contributed by atoms with Crippen LogP contribution in [0, 0.1) is 13.3 Å². The molecule has 2 N–H and O–H groups in total. The van der Waals surface area contributed by atoms with Crippen molar-refractivity contribution < 1.29 is 4.79 Å². The number of thiazole rings is 1. The summed E-state index contributed by atoms with van der Waals surface area (Å²) in [6.07, 6.45) is 4.55. The van der Waals surface area contributed by atoms with Crippen molar-refractivity contribution in [2.75, 3.05) is 5.73 Å². The van der Waals surface area contributed by atoms with E-state index in [1.807, 2.05) is 13.0 Å². The molecular weight excluding hydrogens is 248 g/mol. The highest BCUT2D eigenvalue weighted by molar-refractivity contribution is 7.11. The molecular formula is C12H13N4OS. The van der Waals surface area contributed by atoms with Gasteiger partial charge in [0.05, 0.1) is 0 Å². The normalized spacial score (nSPS) is 10.5. The molecule has 2 aromatic rings. The van der Waals surface area contributed by atoms with Crippen LogP contribution in [0.5, 0.6) is 0 Å². The van der Waals surface area contributed by atoms with Gasteiger partial charge in [-0.1, -0.05) is 0 Å². The van der Waals surface area contributed by atoms with Crippen molar-refractivity contribution in [1.29, 1.82) is 0 Å². The predicted molar refractivity (Wildman–Crippen MR) is 70.2 cm³/mol. The Balaban J connectivity index is 1.87. The maximum absolute atomic E-state index is 11.7. The molecule has 0 aromatic carbocycles. The molecule has 6 heteroatoms. The summed E-state index contributed by atoms with van der Waals surface area (Å²) in [7, 11) is 0. The van der Waals surface area contributed by atoms with Gasteiger partial charge in [0, 0.05) is 29.4 Å². The van der Waals surface area contributed by atoms with Gasteiger partial charge in [-0.05, 0) is 25.8 Å². The van der Waals surface area contributed by atoms with Crippen LogP contribution in [-0.4, -0.2) is 20.7 Å². The van der Waals surface area contributed by atoms with Crippen molar-refractivity contribution in [3.8, 4) is 0 Å². The molecule has 0 bridgehead atoms. The second kappa shape index (κ2) is 5.68. The number of aryl methyl sites for hydroxylation is 2. The lowest BCUT2D eigenvalue weighted by molar-refractivity contribution is 0.102. The first-order valence-corrected chi connectivity index (χ1v) is 6.40. The van der Waals surface area contributed by atoms with E-state index in [1.165, 1.54) is 11.3 Å². The minimum absolute atomic E-state index is 0.0382. The van der Waals surface area contributed by atoms with Crippen molar-refractivity contribution >= 4 is 23.1 Å². The summed E-state index contributed by atoms with van der Waals surface area (Å²) in [6.45, 7) is 1.87. The first kappa shape index (κ1) is 12.6. The molecule has 0 aliphatic carbocycles. The van der Waals surface area contributed by atoms with Gasteiger partial charge in [0.15, 0.2) is 10.8 Å². The third-order valence-electron chi connectivity index (χ3n) is 2.30. The van der Waals surface area contributed by atoms with E-state index in [2.05, 4.69) is 15.0 Å². The number of Topliss-reactive ketones (excluding diaryl/α,β-unsaturated/α-hetero) is 1. The second-order valence-corrected chi connectivity index (χ2v) is 4.70. The Hall–Kier alpha value is -1.82. The molecule has 2 aromatic heterocycles. The van der Waals surface area contributed by atoms with Gasteiger partial charge in [0.2, 0.25) is 5.95 Å². The molecule has 0 aliphatic heterocycles. The number of nitrogens with two attached hydrogens (primary N) is 1. The van der Waals surface area contributed by atoms with E-state index in [1.54, 1.807) is 18.0 Å². The van der Waals surface area contributed by atoms with Crippen LogP contribution in [0.15, 0.2) is 17.6 Å². The third kappa shape index (κ3) is 3.33. The Labute approximate surface area is 109 Å². The number of hydrogen-bond donors (Lipinski definition) is 1. The third-order valence-corrected chi connectivity index (χ3v) is 3.09. The summed E-state index contributed by atoms with van der Waals surface area (Å²) in [4.78, 5) is 23.7. The number of hydrogen-bond acceptors (Lipinski definition) is 6. The summed E-state index contributed by atoms with van der Waals surface area (Å²) in [5, 5.41) is 2.31. The second-order valence-electron chi connectivity index (χ2n) is 3.80. The van der Waals surface area contributed by atoms with E-state index in [0.717, 1.165) is 11.4 Å². The van der Waals surface area contributed by atoms with Gasteiger partial charge in [0.25, 0.3) is 0 Å². The van der Waals surface area contributed by atoms with E-state index in [4.69, 9.17) is 5.73 Å². The summed E-state index contributed by atoms with van der Waals surface area (Å²) >= 11 is 1.34. The summed E-state index contributed by atoms with van der Waals surface area (Å²) in [5.41, 5.74) is 7.25. The fourth-order valence-corrected chi connectivity index (χ4v) is 2.14. The maximum Gasteiger partial charge on any atom is 0.220 e. The van der Waals surface area contributed by atoms with Gasteiger partial charge >= 0.3 is 0 Å². The molecule has 0 fully saturated rings. The van der Waals surface area contributed by atoms with E-state index in [-0.39, 0.29) is 11.7 Å². The van der Waals surface area contributed by atoms with Gasteiger partial charge in [-0.25, -0.2) is 15.0 Å². The van der Waals surface area contributed by atoms with Gasteiger partial charge in [-0.3, -0.25) is 4.79 Å². The van der Waals surface area contributed by atoms with E-state index < -0.39 is 0 Å². The van der Waals surface area contributed by atoms with E-state index >= 15 is 0 Å². The van der Waals surface area contributed by atoms with Gasteiger partial charge in [-0.15, -0.1) is 11.3 Å². The standard InChI is InChI=1S/C12H13N4OS/c1-8-7-9(16-12(13)15-8)3-2-4-10(17)11-14-5-6-18-11/h4-7H,2-3H2,1H3,(H2,13,15,16). The van der Waals surface area contributed by atoms with Crippen LogP contribution >= 0.6 is 11.3 Å². The Morgan fingerprint density at radius 1 is 1.50 bits per heavy atom. The number of anilines is 1. The highest BCUT2D eigenvalue weighted by Gasteiger charge is 2.09. The number of rotatable bonds is 5. The first-order chi connectivity index (χ1) is 8.65. The minimum Gasteiger partial charge on any atom is -0.368 e. The monoisotopic (exact) mass is 261 g/mol. The van der Waals surface area contributed by atoms with Crippen LogP contribution in [0.25, 0.3) is 0 Å². The molecule has 1 radical (unpaired) electrons. The van der Waals surface area contributed by atoms with Gasteiger partial charge in [0.1, 0.15) is 0 Å². The lowest BCUT2D eigenvalue weighted by Gasteiger charge is -2.02. The molecule has 0 unspecified atom stereocenters. The molecule has 0 aliphatic rings. The number of aromatic nitrogens is 3. The molecule has 0 spiro atoms. The molecule has 0 saturated carbocycles. The summed E-state index contributed by atoms with van der Waals surface area (Å²) in [5.74, 6) is 0.236. The first-order valence-electron chi connectivity index (χ1n) is 5.52. The Morgan fingerprint density at radius 2 is 2.33 bits per heavy atom. The zero-order chi connectivity index (χ0) is 13.0. The molecule has 2 heterocycles. The van der Waals surface area contributed by atoms with Crippen molar-refractivity contribution in [2.45, 2.75) is 19.8 Å². The SMILES string of the molecule is Cc1cc(CC[CH]C(=O)c2nccs2)nc(N)n1. The van der Waals surface area contributed by atoms with Crippen LogP contribution in [-0.2, 0) is 6.42 Å². The lowest BCUT2D eigenvalue weighted by atomic mass is 10.1. The Kier molecular flexibility index (Phi) is 3.99. The summed E-state index contributed by atoms with van der Waals surface area (Å²) in [6, 6.07) is 1.87. The fraction of sp³-hybridized carbons (Fsp3) is 0.250. The van der Waals surface area contributed by atoms with Crippen LogP contribution < -0.4 is 5.73 Å². The summed E-state index contributed by atoms with van der Waals surface area (Å²) < 4.78 is 0. The van der Waals surface area contributed by atoms with Crippen LogP contribution in [0.1, 0.15) is 27.6 Å². The van der Waals surface area contributed by atoms with E-state index in [9.17, 15) is 4.79 Å².